The van der Waals surface area contributed by atoms with E-state index >= 15 is 0 Å². The van der Waals surface area contributed by atoms with E-state index < -0.39 is 5.41 Å². The smallest absolute Gasteiger partial charge is 0.236 e. The summed E-state index contributed by atoms with van der Waals surface area (Å²) < 4.78 is 0. The predicted molar refractivity (Wildman–Crippen MR) is 84.1 cm³/mol. The Hall–Kier alpha value is -2.16. The molecule has 0 saturated heterocycles. The van der Waals surface area contributed by atoms with E-state index in [4.69, 9.17) is 0 Å². The SMILES string of the molecule is O=C(Nc1ccccn1)C1(c2ccccc2)CCCCC1. The van der Waals surface area contributed by atoms with Gasteiger partial charge in [0, 0.05) is 6.20 Å². The van der Waals surface area contributed by atoms with E-state index in [1.807, 2.05) is 36.4 Å². The van der Waals surface area contributed by atoms with Crippen molar-refractivity contribution >= 4 is 11.7 Å². The van der Waals surface area contributed by atoms with Crippen molar-refractivity contribution in [2.75, 3.05) is 5.32 Å². The number of anilines is 1. The monoisotopic (exact) mass is 280 g/mol. The molecule has 0 aliphatic heterocycles. The van der Waals surface area contributed by atoms with E-state index in [9.17, 15) is 4.79 Å². The normalized spacial score (nSPS) is 17.1. The van der Waals surface area contributed by atoms with Gasteiger partial charge in [-0.15, -0.1) is 0 Å². The van der Waals surface area contributed by atoms with Gasteiger partial charge in [-0.05, 0) is 30.5 Å². The zero-order chi connectivity index (χ0) is 14.5. The van der Waals surface area contributed by atoms with Crippen molar-refractivity contribution in [3.05, 3.63) is 60.3 Å². The highest BCUT2D eigenvalue weighted by molar-refractivity contribution is 5.98. The summed E-state index contributed by atoms with van der Waals surface area (Å²) >= 11 is 0. The number of carbonyl (C=O) groups excluding carboxylic acids is 1. The van der Waals surface area contributed by atoms with Crippen LogP contribution in [0.4, 0.5) is 5.82 Å². The highest BCUT2D eigenvalue weighted by Gasteiger charge is 2.41. The quantitative estimate of drug-likeness (QED) is 0.925. The van der Waals surface area contributed by atoms with Crippen molar-refractivity contribution in [3.63, 3.8) is 0 Å². The lowest BCUT2D eigenvalue weighted by Crippen LogP contribution is -2.42. The van der Waals surface area contributed by atoms with Crippen LogP contribution in [0.2, 0.25) is 0 Å². The van der Waals surface area contributed by atoms with Gasteiger partial charge < -0.3 is 5.32 Å². The molecule has 0 spiro atoms. The molecule has 3 heteroatoms. The van der Waals surface area contributed by atoms with Gasteiger partial charge in [0.05, 0.1) is 5.41 Å². The van der Waals surface area contributed by atoms with Crippen LogP contribution in [-0.4, -0.2) is 10.9 Å². The van der Waals surface area contributed by atoms with Crippen LogP contribution in [0.25, 0.3) is 0 Å². The third-order valence-electron chi connectivity index (χ3n) is 4.37. The maximum atomic E-state index is 12.9. The van der Waals surface area contributed by atoms with Crippen molar-refractivity contribution in [3.8, 4) is 0 Å². The standard InChI is InChI=1S/C18H20N2O/c21-17(20-16-11-5-8-14-19-16)18(12-6-2-7-13-18)15-9-3-1-4-10-15/h1,3-5,8-11,14H,2,6-7,12-13H2,(H,19,20,21). The van der Waals surface area contributed by atoms with E-state index in [0.717, 1.165) is 31.2 Å². The first-order chi connectivity index (χ1) is 10.3. The molecule has 0 atom stereocenters. The summed E-state index contributed by atoms with van der Waals surface area (Å²) in [5, 5.41) is 3.00. The average molecular weight is 280 g/mol. The summed E-state index contributed by atoms with van der Waals surface area (Å²) in [4.78, 5) is 17.1. The summed E-state index contributed by atoms with van der Waals surface area (Å²) in [5.74, 6) is 0.704. The first kappa shape index (κ1) is 13.8. The highest BCUT2D eigenvalue weighted by Crippen LogP contribution is 2.40. The topological polar surface area (TPSA) is 42.0 Å². The summed E-state index contributed by atoms with van der Waals surface area (Å²) in [6, 6.07) is 15.7. The molecule has 0 unspecified atom stereocenters. The van der Waals surface area contributed by atoms with Crippen LogP contribution in [0.1, 0.15) is 37.7 Å². The maximum absolute atomic E-state index is 12.9. The molecule has 1 aliphatic rings. The van der Waals surface area contributed by atoms with Crippen LogP contribution in [0, 0.1) is 0 Å². The molecule has 2 aromatic rings. The molecule has 3 nitrogen and oxygen atoms in total. The van der Waals surface area contributed by atoms with Crippen molar-refractivity contribution in [1.29, 1.82) is 0 Å². The van der Waals surface area contributed by atoms with Gasteiger partial charge in [-0.25, -0.2) is 4.98 Å². The largest absolute Gasteiger partial charge is 0.310 e. The Bertz CT molecular complexity index is 589. The minimum absolute atomic E-state index is 0.0760. The van der Waals surface area contributed by atoms with Crippen LogP contribution in [0.3, 0.4) is 0 Å². The fourth-order valence-corrected chi connectivity index (χ4v) is 3.23. The molecular formula is C18H20N2O. The zero-order valence-electron chi connectivity index (χ0n) is 12.1. The Morgan fingerprint density at radius 3 is 2.33 bits per heavy atom. The van der Waals surface area contributed by atoms with E-state index in [0.29, 0.717) is 5.82 Å². The van der Waals surface area contributed by atoms with Gasteiger partial charge in [0.2, 0.25) is 5.91 Å². The number of benzene rings is 1. The Balaban J connectivity index is 1.90. The van der Waals surface area contributed by atoms with Crippen molar-refractivity contribution < 1.29 is 4.79 Å². The summed E-state index contributed by atoms with van der Waals surface area (Å²) in [6.45, 7) is 0. The second kappa shape index (κ2) is 6.08. The Morgan fingerprint density at radius 1 is 0.952 bits per heavy atom. The first-order valence-corrected chi connectivity index (χ1v) is 7.59. The minimum atomic E-state index is -0.406. The van der Waals surface area contributed by atoms with Gasteiger partial charge in [0.25, 0.3) is 0 Å². The Labute approximate surface area is 125 Å². The molecule has 1 amide bonds. The Morgan fingerprint density at radius 2 is 1.67 bits per heavy atom. The lowest BCUT2D eigenvalue weighted by Gasteiger charge is -2.36. The number of amides is 1. The predicted octanol–water partition coefficient (Wildman–Crippen LogP) is 3.92. The lowest BCUT2D eigenvalue weighted by atomic mass is 9.68. The number of carbonyl (C=O) groups is 1. The molecule has 108 valence electrons. The van der Waals surface area contributed by atoms with Gasteiger partial charge in [-0.2, -0.15) is 0 Å². The summed E-state index contributed by atoms with van der Waals surface area (Å²) in [7, 11) is 0. The van der Waals surface area contributed by atoms with Crippen LogP contribution in [0.5, 0.6) is 0 Å². The second-order valence-electron chi connectivity index (χ2n) is 5.68. The third-order valence-corrected chi connectivity index (χ3v) is 4.37. The number of nitrogens with one attached hydrogen (secondary N) is 1. The summed E-state index contributed by atoms with van der Waals surface area (Å²) in [5.41, 5.74) is 0.718. The van der Waals surface area contributed by atoms with Gasteiger partial charge >= 0.3 is 0 Å². The van der Waals surface area contributed by atoms with E-state index in [-0.39, 0.29) is 5.91 Å². The molecule has 1 N–H and O–H groups in total. The zero-order valence-corrected chi connectivity index (χ0v) is 12.1. The molecule has 1 fully saturated rings. The minimum Gasteiger partial charge on any atom is -0.310 e. The third kappa shape index (κ3) is 2.82. The summed E-state index contributed by atoms with van der Waals surface area (Å²) in [6.07, 6.45) is 6.94. The molecule has 1 aliphatic carbocycles. The molecule has 3 rings (SSSR count). The highest BCUT2D eigenvalue weighted by atomic mass is 16.2. The average Bonchev–Trinajstić information content (AvgIpc) is 2.57. The number of nitrogens with zero attached hydrogens (tertiary/aromatic N) is 1. The van der Waals surface area contributed by atoms with E-state index in [2.05, 4.69) is 22.4 Å². The van der Waals surface area contributed by atoms with Crippen LogP contribution in [-0.2, 0) is 10.2 Å². The molecule has 0 bridgehead atoms. The fraction of sp³-hybridized carbons (Fsp3) is 0.333. The fourth-order valence-electron chi connectivity index (χ4n) is 3.23. The van der Waals surface area contributed by atoms with Gasteiger partial charge in [0.15, 0.2) is 0 Å². The Kier molecular flexibility index (Phi) is 4.00. The van der Waals surface area contributed by atoms with Crippen LogP contribution in [0.15, 0.2) is 54.7 Å². The molecule has 1 saturated carbocycles. The number of hydrogen-bond donors (Lipinski definition) is 1. The van der Waals surface area contributed by atoms with E-state index in [1.165, 1.54) is 6.42 Å². The molecule has 0 radical (unpaired) electrons. The number of aromatic nitrogens is 1. The van der Waals surface area contributed by atoms with Gasteiger partial charge in [-0.1, -0.05) is 55.7 Å². The number of rotatable bonds is 3. The van der Waals surface area contributed by atoms with Crippen LogP contribution < -0.4 is 5.32 Å². The maximum Gasteiger partial charge on any atom is 0.236 e. The molecule has 1 aromatic carbocycles. The first-order valence-electron chi connectivity index (χ1n) is 7.59. The van der Waals surface area contributed by atoms with Crippen molar-refractivity contribution in [2.45, 2.75) is 37.5 Å². The van der Waals surface area contributed by atoms with Gasteiger partial charge in [-0.3, -0.25) is 4.79 Å². The lowest BCUT2D eigenvalue weighted by molar-refractivity contribution is -0.122. The molecule has 1 heterocycles. The number of pyridine rings is 1. The second-order valence-corrected chi connectivity index (χ2v) is 5.68. The van der Waals surface area contributed by atoms with Crippen molar-refractivity contribution in [1.82, 2.24) is 4.98 Å². The van der Waals surface area contributed by atoms with Crippen LogP contribution >= 0.6 is 0 Å². The van der Waals surface area contributed by atoms with E-state index in [1.54, 1.807) is 6.20 Å². The molecule has 21 heavy (non-hydrogen) atoms. The molecule has 1 aromatic heterocycles. The van der Waals surface area contributed by atoms with Crippen molar-refractivity contribution in [2.24, 2.45) is 0 Å². The molecular weight excluding hydrogens is 260 g/mol. The number of hydrogen-bond acceptors (Lipinski definition) is 2. The van der Waals surface area contributed by atoms with Gasteiger partial charge in [0.1, 0.15) is 5.82 Å².